The predicted molar refractivity (Wildman–Crippen MR) is 154 cm³/mol. The van der Waals surface area contributed by atoms with E-state index in [1.54, 1.807) is 47.1 Å². The number of hydrogen-bond donors (Lipinski definition) is 3. The van der Waals surface area contributed by atoms with Crippen LogP contribution in [0.15, 0.2) is 85.3 Å². The summed E-state index contributed by atoms with van der Waals surface area (Å²) < 4.78 is 1.63. The molecule has 1 atom stereocenters. The molecule has 9 heteroatoms. The fraction of sp³-hybridized carbons (Fsp3) is 0.129. The van der Waals surface area contributed by atoms with Crippen LogP contribution in [0, 0.1) is 25.2 Å². The van der Waals surface area contributed by atoms with Crippen LogP contribution in [0.25, 0.3) is 5.52 Å². The van der Waals surface area contributed by atoms with Crippen molar-refractivity contribution in [3.05, 3.63) is 119 Å². The molecule has 40 heavy (non-hydrogen) atoms. The summed E-state index contributed by atoms with van der Waals surface area (Å²) >= 11 is 0. The molecule has 5 aromatic rings. The Morgan fingerprint density at radius 3 is 2.45 bits per heavy atom. The largest absolute Gasteiger partial charge is 0.345 e. The minimum absolute atomic E-state index is 0.166. The maximum Gasteiger partial charge on any atom is 0.255 e. The molecule has 198 valence electrons. The third-order valence-electron chi connectivity index (χ3n) is 6.74. The number of aromatic nitrogens is 3. The number of benzene rings is 3. The number of nitriles is 1. The molecule has 0 bridgehead atoms. The fourth-order valence-electron chi connectivity index (χ4n) is 4.44. The number of aryl methyl sites for hydroxylation is 2. The predicted octanol–water partition coefficient (Wildman–Crippen LogP) is 5.70. The summed E-state index contributed by atoms with van der Waals surface area (Å²) in [4.78, 5) is 30.6. The standard InChI is InChI=1S/C31H27N7O2/c1-19-9-12-24(30(39)36-25-13-10-22(16-32)11-14-25)15-27(19)37-29-28-20(2)26(17-38(28)34-18-33-29)31(40)35-21(3)23-7-5-4-6-8-23/h4-15,17-18,21H,1-3H3,(H,35,40)(H,36,39)(H,33,34,37)/t21-/m0/s1. The summed E-state index contributed by atoms with van der Waals surface area (Å²) in [5.74, 6) is 0.0179. The van der Waals surface area contributed by atoms with Crippen molar-refractivity contribution < 1.29 is 9.59 Å². The minimum atomic E-state index is -0.286. The van der Waals surface area contributed by atoms with Gasteiger partial charge in [-0.3, -0.25) is 9.59 Å². The smallest absolute Gasteiger partial charge is 0.255 e. The van der Waals surface area contributed by atoms with Crippen molar-refractivity contribution in [2.24, 2.45) is 0 Å². The third kappa shape index (κ3) is 5.37. The molecule has 0 radical (unpaired) electrons. The summed E-state index contributed by atoms with van der Waals surface area (Å²) in [5.41, 5.74) is 6.06. The van der Waals surface area contributed by atoms with Crippen LogP contribution in [-0.2, 0) is 0 Å². The van der Waals surface area contributed by atoms with Gasteiger partial charge in [0.25, 0.3) is 11.8 Å². The van der Waals surface area contributed by atoms with Gasteiger partial charge in [0.2, 0.25) is 0 Å². The first-order valence-corrected chi connectivity index (χ1v) is 12.7. The van der Waals surface area contributed by atoms with E-state index in [1.165, 1.54) is 6.33 Å². The Hall–Kier alpha value is -5.49. The van der Waals surface area contributed by atoms with Crippen LogP contribution in [0.4, 0.5) is 17.2 Å². The lowest BCUT2D eigenvalue weighted by Crippen LogP contribution is -2.26. The normalized spacial score (nSPS) is 11.4. The Kier molecular flexibility index (Phi) is 7.25. The molecule has 0 fully saturated rings. The molecule has 2 heterocycles. The average Bonchev–Trinajstić information content (AvgIpc) is 3.32. The zero-order valence-corrected chi connectivity index (χ0v) is 22.3. The van der Waals surface area contributed by atoms with Gasteiger partial charge in [0.05, 0.1) is 23.2 Å². The Bertz CT molecular complexity index is 1750. The average molecular weight is 530 g/mol. The van der Waals surface area contributed by atoms with E-state index in [0.717, 1.165) is 16.7 Å². The number of rotatable bonds is 7. The van der Waals surface area contributed by atoms with Crippen molar-refractivity contribution in [2.45, 2.75) is 26.8 Å². The molecule has 0 unspecified atom stereocenters. The molecule has 2 aromatic heterocycles. The number of fused-ring (bicyclic) bond motifs is 1. The molecule has 0 saturated carbocycles. The maximum absolute atomic E-state index is 13.2. The van der Waals surface area contributed by atoms with E-state index < -0.39 is 0 Å². The molecule has 0 aliphatic rings. The van der Waals surface area contributed by atoms with E-state index in [4.69, 9.17) is 5.26 Å². The monoisotopic (exact) mass is 529 g/mol. The van der Waals surface area contributed by atoms with Gasteiger partial charge >= 0.3 is 0 Å². The second-order valence-electron chi connectivity index (χ2n) is 9.47. The van der Waals surface area contributed by atoms with Crippen LogP contribution < -0.4 is 16.0 Å². The second-order valence-corrected chi connectivity index (χ2v) is 9.47. The summed E-state index contributed by atoms with van der Waals surface area (Å²) in [6, 6.07) is 23.7. The van der Waals surface area contributed by atoms with E-state index in [1.807, 2.05) is 57.2 Å². The maximum atomic E-state index is 13.2. The van der Waals surface area contributed by atoms with Crippen LogP contribution in [0.5, 0.6) is 0 Å². The van der Waals surface area contributed by atoms with Gasteiger partial charge in [0.15, 0.2) is 5.82 Å². The van der Waals surface area contributed by atoms with Gasteiger partial charge in [0, 0.05) is 23.1 Å². The number of anilines is 3. The molecule has 2 amide bonds. The van der Waals surface area contributed by atoms with Gasteiger partial charge in [-0.1, -0.05) is 36.4 Å². The number of carbonyl (C=O) groups is 2. The van der Waals surface area contributed by atoms with Gasteiger partial charge in [-0.05, 0) is 73.9 Å². The molecule has 0 aliphatic carbocycles. The van der Waals surface area contributed by atoms with Crippen molar-refractivity contribution in [1.82, 2.24) is 19.9 Å². The molecule has 3 aromatic carbocycles. The van der Waals surface area contributed by atoms with Crippen molar-refractivity contribution in [3.8, 4) is 6.07 Å². The molecule has 3 N–H and O–H groups in total. The summed E-state index contributed by atoms with van der Waals surface area (Å²) in [5, 5.41) is 22.5. The van der Waals surface area contributed by atoms with Crippen LogP contribution in [0.2, 0.25) is 0 Å². The molecule has 0 aliphatic heterocycles. The van der Waals surface area contributed by atoms with Gasteiger partial charge in [-0.15, -0.1) is 0 Å². The molecule has 0 spiro atoms. The van der Waals surface area contributed by atoms with Gasteiger partial charge < -0.3 is 16.0 Å². The van der Waals surface area contributed by atoms with Crippen molar-refractivity contribution in [2.75, 3.05) is 10.6 Å². The lowest BCUT2D eigenvalue weighted by atomic mass is 10.1. The summed E-state index contributed by atoms with van der Waals surface area (Å²) in [6.07, 6.45) is 3.11. The zero-order chi connectivity index (χ0) is 28.2. The molecule has 9 nitrogen and oxygen atoms in total. The highest BCUT2D eigenvalue weighted by Crippen LogP contribution is 2.28. The first-order chi connectivity index (χ1) is 19.3. The van der Waals surface area contributed by atoms with Crippen molar-refractivity contribution in [3.63, 3.8) is 0 Å². The van der Waals surface area contributed by atoms with E-state index in [2.05, 4.69) is 32.1 Å². The Morgan fingerprint density at radius 1 is 0.975 bits per heavy atom. The Balaban J connectivity index is 1.39. The van der Waals surface area contributed by atoms with Crippen molar-refractivity contribution in [1.29, 1.82) is 5.26 Å². The highest BCUT2D eigenvalue weighted by Gasteiger charge is 2.20. The molecular weight excluding hydrogens is 502 g/mol. The lowest BCUT2D eigenvalue weighted by Gasteiger charge is -2.14. The fourth-order valence-corrected chi connectivity index (χ4v) is 4.44. The van der Waals surface area contributed by atoms with E-state index in [9.17, 15) is 9.59 Å². The van der Waals surface area contributed by atoms with E-state index in [-0.39, 0.29) is 17.9 Å². The van der Waals surface area contributed by atoms with Crippen LogP contribution >= 0.6 is 0 Å². The highest BCUT2D eigenvalue weighted by molar-refractivity contribution is 6.05. The van der Waals surface area contributed by atoms with E-state index >= 15 is 0 Å². The van der Waals surface area contributed by atoms with E-state index in [0.29, 0.717) is 39.4 Å². The number of amides is 2. The Morgan fingerprint density at radius 2 is 1.73 bits per heavy atom. The van der Waals surface area contributed by atoms with Gasteiger partial charge in [0.1, 0.15) is 11.8 Å². The minimum Gasteiger partial charge on any atom is -0.345 e. The topological polar surface area (TPSA) is 124 Å². The summed E-state index contributed by atoms with van der Waals surface area (Å²) in [6.45, 7) is 5.73. The number of carbonyl (C=O) groups excluding carboxylic acids is 2. The SMILES string of the molecule is Cc1ccc(C(=O)Nc2ccc(C#N)cc2)cc1Nc1ncnn2cc(C(=O)N[C@@H](C)c3ccccc3)c(C)c12. The third-order valence-corrected chi connectivity index (χ3v) is 6.74. The van der Waals surface area contributed by atoms with Crippen LogP contribution in [-0.4, -0.2) is 26.4 Å². The number of nitrogens with one attached hydrogen (secondary N) is 3. The molecular formula is C31H27N7O2. The quantitative estimate of drug-likeness (QED) is 0.248. The number of hydrogen-bond acceptors (Lipinski definition) is 6. The Labute approximate surface area is 231 Å². The second kappa shape index (κ2) is 11.1. The highest BCUT2D eigenvalue weighted by atomic mass is 16.2. The zero-order valence-electron chi connectivity index (χ0n) is 22.3. The molecule has 5 rings (SSSR count). The van der Waals surface area contributed by atoms with Crippen molar-refractivity contribution >= 4 is 34.5 Å². The van der Waals surface area contributed by atoms with Crippen LogP contribution in [0.3, 0.4) is 0 Å². The number of nitrogens with zero attached hydrogens (tertiary/aromatic N) is 4. The summed E-state index contributed by atoms with van der Waals surface area (Å²) in [7, 11) is 0. The first kappa shape index (κ1) is 26.1. The van der Waals surface area contributed by atoms with Crippen LogP contribution in [0.1, 0.15) is 55.9 Å². The molecule has 0 saturated heterocycles. The lowest BCUT2D eigenvalue weighted by molar-refractivity contribution is 0.0938. The van der Waals surface area contributed by atoms with Gasteiger partial charge in [-0.25, -0.2) is 9.50 Å². The van der Waals surface area contributed by atoms with Gasteiger partial charge in [-0.2, -0.15) is 10.4 Å². The first-order valence-electron chi connectivity index (χ1n) is 12.7.